The average molecular weight is 313 g/mol. The van der Waals surface area contributed by atoms with Crippen LogP contribution in [0.2, 0.25) is 0 Å². The molecule has 0 aromatic carbocycles. The fourth-order valence-electron chi connectivity index (χ4n) is 2.68. The zero-order valence-electron chi connectivity index (χ0n) is 14.7. The average Bonchev–Trinajstić information content (AvgIpc) is 2.46. The maximum absolute atomic E-state index is 12.5. The van der Waals surface area contributed by atoms with Crippen LogP contribution in [0.25, 0.3) is 0 Å². The van der Waals surface area contributed by atoms with Crippen molar-refractivity contribution in [2.75, 3.05) is 6.61 Å². The zero-order chi connectivity index (χ0) is 17.1. The molecule has 4 N–H and O–H groups in total. The van der Waals surface area contributed by atoms with Crippen LogP contribution in [0.4, 0.5) is 0 Å². The number of hydrogen-bond acceptors (Lipinski definition) is 4. The first-order valence-corrected chi connectivity index (χ1v) is 8.11. The fraction of sp³-hybridized carbons (Fsp3) is 0.875. The summed E-state index contributed by atoms with van der Waals surface area (Å²) in [6.07, 6.45) is 1.29. The molecule has 1 aliphatic carbocycles. The first-order valence-electron chi connectivity index (χ1n) is 8.11. The van der Waals surface area contributed by atoms with Crippen LogP contribution in [0, 0.1) is 5.41 Å². The summed E-state index contributed by atoms with van der Waals surface area (Å²) in [5.41, 5.74) is 4.84. The molecule has 0 saturated heterocycles. The molecule has 0 radical (unpaired) electrons. The molecule has 0 heterocycles. The lowest BCUT2D eigenvalue weighted by atomic mass is 9.54. The van der Waals surface area contributed by atoms with Crippen LogP contribution < -0.4 is 16.4 Å². The summed E-state index contributed by atoms with van der Waals surface area (Å²) < 4.78 is 5.62. The van der Waals surface area contributed by atoms with Crippen molar-refractivity contribution in [3.05, 3.63) is 0 Å². The number of carbonyl (C=O) groups is 2. The second kappa shape index (κ2) is 6.96. The number of ether oxygens (including phenoxy) is 1. The minimum Gasteiger partial charge on any atom is -0.378 e. The van der Waals surface area contributed by atoms with Gasteiger partial charge in [-0.15, -0.1) is 0 Å². The molecular weight excluding hydrogens is 282 g/mol. The maximum Gasteiger partial charge on any atom is 0.242 e. The van der Waals surface area contributed by atoms with Crippen LogP contribution in [0.5, 0.6) is 0 Å². The van der Waals surface area contributed by atoms with Crippen LogP contribution >= 0.6 is 0 Å². The second-order valence-corrected chi connectivity index (χ2v) is 6.85. The van der Waals surface area contributed by atoms with E-state index in [9.17, 15) is 9.59 Å². The molecule has 1 rings (SSSR count). The third kappa shape index (κ3) is 3.43. The zero-order valence-corrected chi connectivity index (χ0v) is 14.7. The largest absolute Gasteiger partial charge is 0.378 e. The van der Waals surface area contributed by atoms with Crippen LogP contribution in [-0.4, -0.2) is 42.1 Å². The Hall–Kier alpha value is -1.14. The minimum atomic E-state index is -1.00. The third-order valence-electron chi connectivity index (χ3n) is 4.98. The molecule has 6 nitrogen and oxygen atoms in total. The lowest BCUT2D eigenvalue weighted by Crippen LogP contribution is -2.76. The van der Waals surface area contributed by atoms with Crippen LogP contribution in [-0.2, 0) is 14.3 Å². The molecule has 128 valence electrons. The minimum absolute atomic E-state index is 0.0301. The van der Waals surface area contributed by atoms with E-state index in [4.69, 9.17) is 10.5 Å². The number of rotatable bonds is 7. The van der Waals surface area contributed by atoms with Gasteiger partial charge in [0, 0.05) is 24.5 Å². The molecule has 1 aliphatic rings. The van der Waals surface area contributed by atoms with Crippen molar-refractivity contribution in [1.82, 2.24) is 10.6 Å². The lowest BCUT2D eigenvalue weighted by molar-refractivity contribution is -0.171. The Balaban J connectivity index is 2.64. The molecule has 0 aromatic rings. The van der Waals surface area contributed by atoms with Crippen LogP contribution in [0.1, 0.15) is 54.4 Å². The summed E-state index contributed by atoms with van der Waals surface area (Å²) >= 11 is 0. The fourth-order valence-corrected chi connectivity index (χ4v) is 2.68. The van der Waals surface area contributed by atoms with Gasteiger partial charge in [-0.2, -0.15) is 0 Å². The number of hydrogen-bond donors (Lipinski definition) is 3. The topological polar surface area (TPSA) is 93.4 Å². The van der Waals surface area contributed by atoms with Crippen molar-refractivity contribution < 1.29 is 14.3 Å². The van der Waals surface area contributed by atoms with E-state index in [0.717, 1.165) is 6.42 Å². The van der Waals surface area contributed by atoms with Crippen molar-refractivity contribution in [1.29, 1.82) is 0 Å². The summed E-state index contributed by atoms with van der Waals surface area (Å²) in [6.45, 7) is 12.0. The molecule has 6 heteroatoms. The highest BCUT2D eigenvalue weighted by atomic mass is 16.5. The first-order chi connectivity index (χ1) is 10.1. The molecule has 0 aromatic heterocycles. The third-order valence-corrected chi connectivity index (χ3v) is 4.98. The SMILES string of the molecule is CCOC1CC(N)(C(=O)NC(C)C(=O)NC(C)CC)C1(C)C. The van der Waals surface area contributed by atoms with Crippen molar-refractivity contribution >= 4 is 11.8 Å². The highest BCUT2D eigenvalue weighted by molar-refractivity contribution is 5.93. The Morgan fingerprint density at radius 2 is 1.86 bits per heavy atom. The first kappa shape index (κ1) is 18.9. The van der Waals surface area contributed by atoms with E-state index in [-0.39, 0.29) is 24.0 Å². The van der Waals surface area contributed by atoms with Gasteiger partial charge in [-0.3, -0.25) is 9.59 Å². The predicted molar refractivity (Wildman–Crippen MR) is 86.2 cm³/mol. The van der Waals surface area contributed by atoms with Gasteiger partial charge < -0.3 is 21.1 Å². The van der Waals surface area contributed by atoms with Crippen LogP contribution in [0.3, 0.4) is 0 Å². The molecule has 0 aliphatic heterocycles. The molecule has 0 bridgehead atoms. The van der Waals surface area contributed by atoms with Crippen molar-refractivity contribution in [3.8, 4) is 0 Å². The van der Waals surface area contributed by atoms with E-state index in [1.54, 1.807) is 6.92 Å². The van der Waals surface area contributed by atoms with E-state index < -0.39 is 17.0 Å². The molecule has 0 spiro atoms. The summed E-state index contributed by atoms with van der Waals surface area (Å²) in [5.74, 6) is -0.481. The molecular formula is C16H31N3O3. The highest BCUT2D eigenvalue weighted by Crippen LogP contribution is 2.49. The van der Waals surface area contributed by atoms with Gasteiger partial charge in [-0.05, 0) is 27.2 Å². The quantitative estimate of drug-likeness (QED) is 0.652. The van der Waals surface area contributed by atoms with E-state index in [0.29, 0.717) is 13.0 Å². The van der Waals surface area contributed by atoms with Gasteiger partial charge in [0.2, 0.25) is 11.8 Å². The molecule has 2 amide bonds. The van der Waals surface area contributed by atoms with Gasteiger partial charge >= 0.3 is 0 Å². The van der Waals surface area contributed by atoms with E-state index in [1.165, 1.54) is 0 Å². The molecule has 1 fully saturated rings. The Morgan fingerprint density at radius 3 is 2.32 bits per heavy atom. The van der Waals surface area contributed by atoms with Gasteiger partial charge in [-0.1, -0.05) is 20.8 Å². The van der Waals surface area contributed by atoms with E-state index in [1.807, 2.05) is 34.6 Å². The van der Waals surface area contributed by atoms with Crippen molar-refractivity contribution in [2.24, 2.45) is 11.1 Å². The van der Waals surface area contributed by atoms with E-state index in [2.05, 4.69) is 10.6 Å². The predicted octanol–water partition coefficient (Wildman–Crippen LogP) is 0.938. The van der Waals surface area contributed by atoms with Gasteiger partial charge in [0.05, 0.1) is 6.10 Å². The second-order valence-electron chi connectivity index (χ2n) is 6.85. The lowest BCUT2D eigenvalue weighted by Gasteiger charge is -2.57. The maximum atomic E-state index is 12.5. The summed E-state index contributed by atoms with van der Waals surface area (Å²) in [4.78, 5) is 24.5. The number of amides is 2. The number of nitrogens with one attached hydrogen (secondary N) is 2. The van der Waals surface area contributed by atoms with Gasteiger partial charge in [0.25, 0.3) is 0 Å². The summed E-state index contributed by atoms with van der Waals surface area (Å²) in [5, 5.41) is 5.59. The normalized spacial score (nSPS) is 29.1. The number of nitrogens with two attached hydrogens (primary N) is 1. The Kier molecular flexibility index (Phi) is 5.98. The standard InChI is InChI=1S/C16H31N3O3/c1-7-10(3)18-13(20)11(4)19-14(21)16(17)9-12(22-8-2)15(16,5)6/h10-12H,7-9,17H2,1-6H3,(H,18,20)(H,19,21). The number of carbonyl (C=O) groups excluding carboxylic acids is 2. The summed E-state index contributed by atoms with van der Waals surface area (Å²) in [7, 11) is 0. The monoisotopic (exact) mass is 313 g/mol. The van der Waals surface area contributed by atoms with Crippen LogP contribution in [0.15, 0.2) is 0 Å². The van der Waals surface area contributed by atoms with Gasteiger partial charge in [0.1, 0.15) is 11.6 Å². The summed E-state index contributed by atoms with van der Waals surface area (Å²) in [6, 6.07) is -0.523. The van der Waals surface area contributed by atoms with E-state index >= 15 is 0 Å². The molecule has 22 heavy (non-hydrogen) atoms. The molecule has 1 saturated carbocycles. The molecule has 4 unspecified atom stereocenters. The Labute approximate surface area is 133 Å². The molecule has 4 atom stereocenters. The smallest absolute Gasteiger partial charge is 0.242 e. The van der Waals surface area contributed by atoms with Gasteiger partial charge in [-0.25, -0.2) is 0 Å². The highest BCUT2D eigenvalue weighted by Gasteiger charge is 2.63. The Bertz CT molecular complexity index is 425. The van der Waals surface area contributed by atoms with Gasteiger partial charge in [0.15, 0.2) is 0 Å². The van der Waals surface area contributed by atoms with Crippen molar-refractivity contribution in [2.45, 2.75) is 78.1 Å². The Morgan fingerprint density at radius 1 is 1.27 bits per heavy atom. The van der Waals surface area contributed by atoms with Crippen molar-refractivity contribution in [3.63, 3.8) is 0 Å².